The Morgan fingerprint density at radius 2 is 0.781 bits per heavy atom. The molecule has 29 nitrogen and oxygen atoms in total. The van der Waals surface area contributed by atoms with E-state index in [1.54, 1.807) is 6.20 Å². The van der Waals surface area contributed by atoms with Crippen LogP contribution >= 0.6 is 0 Å². The lowest BCUT2D eigenvalue weighted by Crippen LogP contribution is -2.56. The molecule has 9 rings (SSSR count). The predicted octanol–water partition coefficient (Wildman–Crippen LogP) is 5.33. The molecule has 6 aliphatic rings. The van der Waals surface area contributed by atoms with Crippen molar-refractivity contribution in [2.75, 3.05) is 226 Å². The average molecular weight is 1640 g/mol. The highest BCUT2D eigenvalue weighted by molar-refractivity contribution is 6.74. The van der Waals surface area contributed by atoms with Crippen molar-refractivity contribution in [1.82, 2.24) is 64.6 Å². The smallest absolute Gasteiger partial charge is 0.320 e. The number of carbonyl (C=O) groups is 7. The fourth-order valence-electron chi connectivity index (χ4n) is 12.6. The molecule has 0 spiro atoms. The zero-order chi connectivity index (χ0) is 83.9. The number of piperazine rings is 6. The second-order valence-electron chi connectivity index (χ2n) is 33.8. The molecule has 6 unspecified atom stereocenters. The van der Waals surface area contributed by atoms with Gasteiger partial charge >= 0.3 is 35.8 Å². The van der Waals surface area contributed by atoms with Crippen LogP contribution < -0.4 is 10.6 Å². The van der Waals surface area contributed by atoms with Gasteiger partial charge in [0.15, 0.2) is 22.4 Å². The van der Waals surface area contributed by atoms with Gasteiger partial charge in [-0.3, -0.25) is 58.1 Å². The molecular weight excluding hydrogens is 1490 g/mol. The van der Waals surface area contributed by atoms with E-state index in [0.29, 0.717) is 69.6 Å². The summed E-state index contributed by atoms with van der Waals surface area (Å²) < 4.78 is 38.7. The number of pyridine rings is 1. The van der Waals surface area contributed by atoms with Crippen molar-refractivity contribution in [3.8, 4) is 0 Å². The number of nitrogens with zero attached hydrogens (tertiary/aromatic N) is 11. The van der Waals surface area contributed by atoms with Gasteiger partial charge in [-0.15, -0.1) is 0 Å². The van der Waals surface area contributed by atoms with Gasteiger partial charge in [0.25, 0.3) is 0 Å². The molecule has 31 heteroatoms. The maximum absolute atomic E-state index is 12.4. The third-order valence-corrected chi connectivity index (χ3v) is 30.7. The van der Waals surface area contributed by atoms with Crippen LogP contribution in [0.25, 0.3) is 0 Å². The Bertz CT molecular complexity index is 3240. The van der Waals surface area contributed by atoms with Crippen molar-refractivity contribution >= 4 is 58.2 Å². The van der Waals surface area contributed by atoms with E-state index in [1.807, 2.05) is 110 Å². The van der Waals surface area contributed by atoms with Gasteiger partial charge in [0, 0.05) is 169 Å². The van der Waals surface area contributed by atoms with Crippen molar-refractivity contribution in [2.45, 2.75) is 162 Å². The van der Waals surface area contributed by atoms with E-state index in [0.717, 1.165) is 135 Å². The van der Waals surface area contributed by atoms with E-state index in [2.05, 4.69) is 144 Å². The quantitative estimate of drug-likeness (QED) is 0.0426. The molecule has 0 saturated carbocycles. The monoisotopic (exact) mass is 1640 g/mol. The van der Waals surface area contributed by atoms with Crippen LogP contribution in [-0.4, -0.2) is 385 Å². The van der Waals surface area contributed by atoms with Crippen molar-refractivity contribution in [2.24, 2.45) is 0 Å². The molecule has 4 N–H and O–H groups in total. The van der Waals surface area contributed by atoms with Gasteiger partial charge in [-0.05, 0) is 102 Å². The average Bonchev–Trinajstić information content (AvgIpc) is 0.623. The van der Waals surface area contributed by atoms with E-state index in [9.17, 15) is 33.6 Å². The predicted molar refractivity (Wildman–Crippen MR) is 453 cm³/mol. The lowest BCUT2D eigenvalue weighted by molar-refractivity contribution is -0.150. The van der Waals surface area contributed by atoms with E-state index in [1.165, 1.54) is 20.8 Å². The number of likely N-dealkylation sites (N-methyl/N-ethyl adjacent to an activating group) is 6. The zero-order valence-electron chi connectivity index (χ0n) is 72.0. The number of aromatic nitrogens is 1. The Labute approximate surface area is 685 Å². The van der Waals surface area contributed by atoms with Crippen LogP contribution in [0.3, 0.4) is 0 Å². The van der Waals surface area contributed by atoms with Crippen molar-refractivity contribution in [3.05, 3.63) is 102 Å². The van der Waals surface area contributed by atoms with Crippen molar-refractivity contribution in [3.63, 3.8) is 0 Å². The minimum Gasteiger partial charge on any atom is -0.480 e. The zero-order valence-corrected chi connectivity index (χ0v) is 74.0. The molecule has 6 fully saturated rings. The summed E-state index contributed by atoms with van der Waals surface area (Å²) in [5.41, 5.74) is 2.77. The van der Waals surface area contributed by atoms with Gasteiger partial charge in [-0.1, -0.05) is 116 Å². The van der Waals surface area contributed by atoms with Crippen LogP contribution in [0.15, 0.2) is 85.1 Å². The number of nitrogens with one attached hydrogen (secondary N) is 2. The first-order valence-corrected chi connectivity index (χ1v) is 45.9. The number of aliphatic hydroxyl groups is 1. The highest BCUT2D eigenvalue weighted by Crippen LogP contribution is 2.38. The van der Waals surface area contributed by atoms with E-state index in [-0.39, 0.29) is 105 Å². The minimum atomic E-state index is -1.80. The second-order valence-corrected chi connectivity index (χ2v) is 43.4. The molecule has 114 heavy (non-hydrogen) atoms. The van der Waals surface area contributed by atoms with Gasteiger partial charge in [0.2, 0.25) is 0 Å². The number of rotatable bonds is 27. The molecule has 6 saturated heterocycles. The third kappa shape index (κ3) is 41.8. The van der Waals surface area contributed by atoms with Gasteiger partial charge in [0.05, 0.1) is 70.5 Å². The largest absolute Gasteiger partial charge is 0.480 e. The first-order chi connectivity index (χ1) is 53.2. The van der Waals surface area contributed by atoms with E-state index < -0.39 is 22.6 Å². The molecule has 7 heterocycles. The normalized spacial score (nSPS) is 21.5. The first kappa shape index (κ1) is 102. The van der Waals surface area contributed by atoms with Crippen LogP contribution in [-0.2, 0) is 85.7 Å². The molecule has 648 valence electrons. The second kappa shape index (κ2) is 52.7. The number of ether oxygens (including phenoxy) is 5. The van der Waals surface area contributed by atoms with Crippen LogP contribution in [0.2, 0.25) is 36.3 Å². The van der Waals surface area contributed by atoms with E-state index >= 15 is 0 Å². The van der Waals surface area contributed by atoms with Crippen LogP contribution in [0.4, 0.5) is 0 Å². The summed E-state index contributed by atoms with van der Waals surface area (Å²) in [5.74, 6) is -2.05. The first-order valence-electron chi connectivity index (χ1n) is 40.1. The summed E-state index contributed by atoms with van der Waals surface area (Å²) in [7, 11) is 9.04. The van der Waals surface area contributed by atoms with Gasteiger partial charge in [-0.2, -0.15) is 0 Å². The molecular formula is C83H147N13O16Si2. The van der Waals surface area contributed by atoms with Gasteiger partial charge < -0.3 is 82.8 Å². The summed E-state index contributed by atoms with van der Waals surface area (Å²) in [6.45, 7) is 47.5. The molecule has 6 atom stereocenters. The maximum Gasteiger partial charge on any atom is 0.320 e. The number of benzene rings is 2. The number of carbonyl (C=O) groups excluding carboxylic acids is 6. The topological polar surface area (TPSA) is 294 Å². The number of carboxylic acids is 1. The van der Waals surface area contributed by atoms with E-state index in [4.69, 9.17) is 42.7 Å². The molecule has 0 bridgehead atoms. The molecule has 1 aromatic heterocycles. The summed E-state index contributed by atoms with van der Waals surface area (Å²) in [4.78, 5) is 106. The number of hydrogen-bond acceptors (Lipinski definition) is 28. The van der Waals surface area contributed by atoms with Gasteiger partial charge in [-0.25, -0.2) is 0 Å². The fourth-order valence-corrected chi connectivity index (χ4v) is 14.7. The number of aliphatic carboxylic acids is 1. The SMILES string of the molecule is C.CC(=O)OCC1CN(C)CCN1CC(=O)Cc1ccccn1.CC(=O)OCC1CN(C)CCN1CC(=O)O.CC(=O)OCC1CN(C)CCN1CC(=O)OCc1ccccc1.CN1CCN(CC(=O)OCc2ccccc2)C(CO[Si](C)(C)C(C)(C)C)C1.CN1CCNC(CO)C1.CN1CCNC(CO[Si](C)(C)C(C)(C)C)C1. The minimum absolute atomic E-state index is 0. The molecule has 0 amide bonds. The summed E-state index contributed by atoms with van der Waals surface area (Å²) in [6, 6.07) is 26.1. The molecule has 0 radical (unpaired) electrons. The summed E-state index contributed by atoms with van der Waals surface area (Å²) in [6.07, 6.45) is 2.04. The molecule has 0 aliphatic carbocycles. The standard InChI is InChI=1S/C21H36N2O3Si.C17H24N2O4.C16H23N3O3.C12H28N2OSi.C10H18N2O4.C6H14N2O.CH4/c1-21(2,3)27(5,6)26-17-19-14-22(4)12-13-23(19)15-20(24)25-16-18-10-8-7-9-11-18;1-14(20)22-13-16-10-18(2)8-9-19(16)11-17(21)23-12-15-6-4-3-5-7-15;1-13(20)22-12-15-10-18(2)7-8-19(15)11-16(21)9-14-5-3-4-6-17-14;1-12(2,3)16(5,6)15-10-11-9-14(4)8-7-13-11;1-8(13)16-7-9-5-11(2)3-4-12(9)6-10(14)15;1-8-3-2-7-6(4-8)5-9;/h7-11,19H,12-17H2,1-6H3;3-7,16H,8-13H2,1-2H3;3-6,15H,7-12H2,1-2H3;11,13H,7-10H2,1-6H3;9H,3-7H2,1-2H3,(H,14,15);6-7,9H,2-5H2,1H3;1H4. The number of esters is 5. The number of Topliss-reactive ketones (excluding diaryl/α,β-unsaturated/α-hetero) is 1. The lowest BCUT2D eigenvalue weighted by Gasteiger charge is -2.42. The number of carboxylic acid groups (broad SMARTS) is 1. The molecule has 6 aliphatic heterocycles. The van der Waals surface area contributed by atoms with Crippen molar-refractivity contribution < 1.29 is 76.3 Å². The molecule has 2 aromatic carbocycles. The Morgan fingerprint density at radius 3 is 1.12 bits per heavy atom. The van der Waals surface area contributed by atoms with Crippen molar-refractivity contribution in [1.29, 1.82) is 0 Å². The van der Waals surface area contributed by atoms with Crippen LogP contribution in [0.1, 0.15) is 86.6 Å². The number of aliphatic hydroxyl groups excluding tert-OH is 1. The fraction of sp³-hybridized carbons (Fsp3) is 0.711. The highest BCUT2D eigenvalue weighted by atomic mass is 28.4. The van der Waals surface area contributed by atoms with Crippen LogP contribution in [0.5, 0.6) is 0 Å². The number of ketones is 1. The Morgan fingerprint density at radius 1 is 0.439 bits per heavy atom. The number of hydrogen-bond donors (Lipinski definition) is 4. The maximum atomic E-state index is 12.4. The molecule has 3 aromatic rings. The highest BCUT2D eigenvalue weighted by Gasteiger charge is 2.40. The lowest BCUT2D eigenvalue weighted by atomic mass is 10.1. The Balaban J connectivity index is 0.000000362. The Kier molecular flexibility index (Phi) is 47.2. The van der Waals surface area contributed by atoms with Crippen LogP contribution in [0, 0.1) is 0 Å². The Hall–Kier alpha value is -6.09. The summed E-state index contributed by atoms with van der Waals surface area (Å²) >= 11 is 0. The van der Waals surface area contributed by atoms with Gasteiger partial charge in [0.1, 0.15) is 33.0 Å². The third-order valence-electron chi connectivity index (χ3n) is 21.7. The summed E-state index contributed by atoms with van der Waals surface area (Å²) in [5, 5.41) is 24.7.